The summed E-state index contributed by atoms with van der Waals surface area (Å²) in [4.78, 5) is 0. The molecule has 0 saturated carbocycles. The molecule has 0 spiro atoms. The Morgan fingerprint density at radius 1 is 1.00 bits per heavy atom. The van der Waals surface area contributed by atoms with Gasteiger partial charge in [0, 0.05) is 27.4 Å². The van der Waals surface area contributed by atoms with Crippen LogP contribution in [0.15, 0.2) is 0 Å². The Morgan fingerprint density at radius 2 is 1.62 bits per heavy atom. The zero-order valence-electron chi connectivity index (χ0n) is 9.93. The van der Waals surface area contributed by atoms with Crippen LogP contribution in [0.5, 0.6) is 0 Å². The number of unbranched alkanes of at least 4 members (excludes halogenated alkanes) is 2. The zero-order valence-corrected chi connectivity index (χ0v) is 9.93. The van der Waals surface area contributed by atoms with E-state index in [4.69, 9.17) is 9.47 Å². The van der Waals surface area contributed by atoms with Crippen LogP contribution in [0.4, 0.5) is 0 Å². The fourth-order valence-electron chi connectivity index (χ4n) is 0.830. The van der Waals surface area contributed by atoms with Crippen LogP contribution < -0.4 is 0 Å². The van der Waals surface area contributed by atoms with Crippen LogP contribution in [-0.2, 0) is 9.47 Å². The predicted octanol–water partition coefficient (Wildman–Crippen LogP) is 3.11. The van der Waals surface area contributed by atoms with Crippen LogP contribution in [0.25, 0.3) is 0 Å². The molecule has 0 radical (unpaired) electrons. The van der Waals surface area contributed by atoms with E-state index in [1.165, 1.54) is 19.3 Å². The number of rotatable bonds is 6. The van der Waals surface area contributed by atoms with Crippen molar-refractivity contribution in [3.05, 3.63) is 0 Å². The van der Waals surface area contributed by atoms with Gasteiger partial charge in [-0.2, -0.15) is 0 Å². The minimum atomic E-state index is 0.676. The Hall–Kier alpha value is -0.0800. The molecule has 0 aliphatic heterocycles. The van der Waals surface area contributed by atoms with E-state index in [-0.39, 0.29) is 0 Å². The van der Waals surface area contributed by atoms with Gasteiger partial charge < -0.3 is 9.47 Å². The third-order valence-corrected chi connectivity index (χ3v) is 1.45. The van der Waals surface area contributed by atoms with Crippen molar-refractivity contribution in [2.45, 2.75) is 40.0 Å². The van der Waals surface area contributed by atoms with E-state index in [1.54, 1.807) is 14.2 Å². The largest absolute Gasteiger partial charge is 0.385 e. The lowest BCUT2D eigenvalue weighted by Gasteiger charge is -1.97. The number of ether oxygens (including phenoxy) is 2. The highest BCUT2D eigenvalue weighted by atomic mass is 16.5. The first-order valence-electron chi connectivity index (χ1n) is 5.16. The van der Waals surface area contributed by atoms with Crippen LogP contribution in [0, 0.1) is 5.92 Å². The van der Waals surface area contributed by atoms with Gasteiger partial charge >= 0.3 is 0 Å². The molecular weight excluding hydrogens is 164 g/mol. The van der Waals surface area contributed by atoms with E-state index in [2.05, 4.69) is 20.8 Å². The molecule has 0 atom stereocenters. The Labute approximate surface area is 83.6 Å². The summed E-state index contributed by atoms with van der Waals surface area (Å²) in [5.41, 5.74) is 0. The molecule has 0 aromatic rings. The molecule has 0 saturated heterocycles. The van der Waals surface area contributed by atoms with E-state index in [0.29, 0.717) is 5.92 Å². The Morgan fingerprint density at radius 3 is 1.85 bits per heavy atom. The van der Waals surface area contributed by atoms with E-state index >= 15 is 0 Å². The van der Waals surface area contributed by atoms with Gasteiger partial charge in [0.1, 0.15) is 0 Å². The summed E-state index contributed by atoms with van der Waals surface area (Å²) in [5, 5.41) is 0. The average Bonchev–Trinajstić information content (AvgIpc) is 2.06. The molecule has 0 aliphatic rings. The van der Waals surface area contributed by atoms with Crippen molar-refractivity contribution < 1.29 is 9.47 Å². The smallest absolute Gasteiger partial charge is 0.0485 e. The van der Waals surface area contributed by atoms with E-state index in [9.17, 15) is 0 Å². The number of hydrogen-bond donors (Lipinski definition) is 0. The molecule has 0 aromatic heterocycles. The van der Waals surface area contributed by atoms with Crippen LogP contribution >= 0.6 is 0 Å². The summed E-state index contributed by atoms with van der Waals surface area (Å²) < 4.78 is 9.65. The lowest BCUT2D eigenvalue weighted by atomic mass is 10.2. The van der Waals surface area contributed by atoms with Gasteiger partial charge in [-0.25, -0.2) is 0 Å². The van der Waals surface area contributed by atoms with Gasteiger partial charge in [-0.15, -0.1) is 0 Å². The van der Waals surface area contributed by atoms with Crippen molar-refractivity contribution in [3.8, 4) is 0 Å². The van der Waals surface area contributed by atoms with Crippen molar-refractivity contribution in [2.24, 2.45) is 5.92 Å². The van der Waals surface area contributed by atoms with Crippen molar-refractivity contribution in [1.29, 1.82) is 0 Å². The summed E-state index contributed by atoms with van der Waals surface area (Å²) in [6, 6.07) is 0. The Bertz CT molecular complexity index is 68.5. The van der Waals surface area contributed by atoms with Gasteiger partial charge in [0.2, 0.25) is 0 Å². The normalized spacial score (nSPS) is 9.69. The maximum Gasteiger partial charge on any atom is 0.0485 e. The summed E-state index contributed by atoms with van der Waals surface area (Å²) >= 11 is 0. The first-order chi connectivity index (χ1) is 6.18. The van der Waals surface area contributed by atoms with Crippen molar-refractivity contribution in [1.82, 2.24) is 0 Å². The Balaban J connectivity index is 0. The SMILES string of the molecule is CCCCCOC.COCC(C)C. The third-order valence-electron chi connectivity index (χ3n) is 1.45. The second-order valence-corrected chi connectivity index (χ2v) is 3.55. The molecule has 13 heavy (non-hydrogen) atoms. The molecule has 0 rings (SSSR count). The molecule has 0 amide bonds. The molecule has 0 fully saturated rings. The monoisotopic (exact) mass is 190 g/mol. The first-order valence-corrected chi connectivity index (χ1v) is 5.16. The molecule has 0 bridgehead atoms. The van der Waals surface area contributed by atoms with Gasteiger partial charge in [0.15, 0.2) is 0 Å². The van der Waals surface area contributed by atoms with Gasteiger partial charge in [0.05, 0.1) is 0 Å². The molecule has 0 N–H and O–H groups in total. The van der Waals surface area contributed by atoms with E-state index < -0.39 is 0 Å². The molecule has 2 heteroatoms. The number of methoxy groups -OCH3 is 2. The second kappa shape index (κ2) is 14.4. The van der Waals surface area contributed by atoms with Gasteiger partial charge in [-0.05, 0) is 12.3 Å². The summed E-state index contributed by atoms with van der Waals surface area (Å²) in [6.07, 6.45) is 3.80. The second-order valence-electron chi connectivity index (χ2n) is 3.55. The minimum absolute atomic E-state index is 0.676. The molecule has 2 nitrogen and oxygen atoms in total. The third kappa shape index (κ3) is 24.5. The highest BCUT2D eigenvalue weighted by Gasteiger charge is 1.85. The van der Waals surface area contributed by atoms with Crippen LogP contribution in [0.2, 0.25) is 0 Å². The molecule has 0 unspecified atom stereocenters. The van der Waals surface area contributed by atoms with E-state index in [0.717, 1.165) is 13.2 Å². The van der Waals surface area contributed by atoms with Crippen molar-refractivity contribution in [3.63, 3.8) is 0 Å². The standard InChI is InChI=1S/C6H14O.C5H12O/c1-3-4-5-6-7-2;1-5(2)4-6-3/h3-6H2,1-2H3;5H,4H2,1-3H3. The lowest BCUT2D eigenvalue weighted by Crippen LogP contribution is -1.96. The summed E-state index contributed by atoms with van der Waals surface area (Å²) in [5.74, 6) is 0.676. The molecular formula is C11H26O2. The lowest BCUT2D eigenvalue weighted by molar-refractivity contribution is 0.167. The van der Waals surface area contributed by atoms with Crippen LogP contribution in [0.1, 0.15) is 40.0 Å². The van der Waals surface area contributed by atoms with E-state index in [1.807, 2.05) is 0 Å². The highest BCUT2D eigenvalue weighted by Crippen LogP contribution is 1.91. The molecule has 0 aliphatic carbocycles. The fourth-order valence-corrected chi connectivity index (χ4v) is 0.830. The maximum atomic E-state index is 4.84. The van der Waals surface area contributed by atoms with Gasteiger partial charge in [0.25, 0.3) is 0 Å². The molecule has 0 aromatic carbocycles. The van der Waals surface area contributed by atoms with Gasteiger partial charge in [-0.1, -0.05) is 33.6 Å². The quantitative estimate of drug-likeness (QED) is 0.599. The topological polar surface area (TPSA) is 18.5 Å². The zero-order chi connectivity index (χ0) is 10.5. The highest BCUT2D eigenvalue weighted by molar-refractivity contribution is 4.35. The minimum Gasteiger partial charge on any atom is -0.385 e. The van der Waals surface area contributed by atoms with Crippen LogP contribution in [-0.4, -0.2) is 27.4 Å². The van der Waals surface area contributed by atoms with Crippen LogP contribution in [0.3, 0.4) is 0 Å². The fraction of sp³-hybridized carbons (Fsp3) is 1.00. The van der Waals surface area contributed by atoms with Crippen molar-refractivity contribution in [2.75, 3.05) is 27.4 Å². The van der Waals surface area contributed by atoms with Crippen molar-refractivity contribution >= 4 is 0 Å². The first kappa shape index (κ1) is 15.4. The molecule has 0 heterocycles. The number of hydrogen-bond acceptors (Lipinski definition) is 2. The average molecular weight is 190 g/mol. The van der Waals surface area contributed by atoms with Gasteiger partial charge in [-0.3, -0.25) is 0 Å². The summed E-state index contributed by atoms with van der Waals surface area (Å²) in [6.45, 7) is 8.25. The maximum absolute atomic E-state index is 4.84. The summed E-state index contributed by atoms with van der Waals surface area (Å²) in [7, 11) is 3.47. The molecule has 82 valence electrons. The Kier molecular flexibility index (Phi) is 17.1. The predicted molar refractivity (Wildman–Crippen MR) is 58.1 cm³/mol.